The quantitative estimate of drug-likeness (QED) is 0.412. The molecule has 36 heavy (non-hydrogen) atoms. The van der Waals surface area contributed by atoms with Crippen molar-refractivity contribution in [2.75, 3.05) is 6.54 Å². The zero-order valence-electron chi connectivity index (χ0n) is 21.0. The lowest BCUT2D eigenvalue weighted by Crippen LogP contribution is -2.28. The van der Waals surface area contributed by atoms with Gasteiger partial charge in [0, 0.05) is 12.5 Å². The van der Waals surface area contributed by atoms with E-state index in [1.165, 1.54) is 44.8 Å². The maximum absolute atomic E-state index is 12.7. The van der Waals surface area contributed by atoms with Crippen molar-refractivity contribution in [3.05, 3.63) is 53.2 Å². The second kappa shape index (κ2) is 11.6. The van der Waals surface area contributed by atoms with E-state index in [2.05, 4.69) is 10.3 Å². The molecule has 1 aromatic heterocycles. The second-order valence-electron chi connectivity index (χ2n) is 10.9. The Morgan fingerprint density at radius 1 is 1.03 bits per heavy atom. The Labute approximate surface area is 213 Å². The van der Waals surface area contributed by atoms with Crippen LogP contribution in [0.3, 0.4) is 0 Å². The molecule has 0 spiro atoms. The van der Waals surface area contributed by atoms with Gasteiger partial charge in [0.1, 0.15) is 6.26 Å². The molecule has 3 fully saturated rings. The molecule has 2 aromatic rings. The number of hydrogen-bond donors (Lipinski definition) is 2. The van der Waals surface area contributed by atoms with Gasteiger partial charge in [-0.3, -0.25) is 9.59 Å². The number of hydrogen-bond acceptors (Lipinski definition) is 5. The molecule has 1 aromatic carbocycles. The molecular formula is C29H38N2O5. The first-order valence-corrected chi connectivity index (χ1v) is 13.8. The SMILES string of the molecule is O=C(O)Cc1cccc(C[C@@H]2[C@H](c3nc(C(=O)NCCCCC4CCCCC4)co3)[C@H]3CC[C@@H]2O3)c1. The third-order valence-electron chi connectivity index (χ3n) is 8.33. The zero-order valence-corrected chi connectivity index (χ0v) is 21.0. The molecule has 2 bridgehead atoms. The van der Waals surface area contributed by atoms with Crippen LogP contribution in [0.5, 0.6) is 0 Å². The van der Waals surface area contributed by atoms with Gasteiger partial charge in [-0.25, -0.2) is 4.98 Å². The van der Waals surface area contributed by atoms with Gasteiger partial charge in [-0.15, -0.1) is 0 Å². The highest BCUT2D eigenvalue weighted by molar-refractivity contribution is 5.91. The van der Waals surface area contributed by atoms with Crippen LogP contribution in [0.1, 0.15) is 97.6 Å². The molecule has 7 heteroatoms. The fourth-order valence-corrected chi connectivity index (χ4v) is 6.56. The van der Waals surface area contributed by atoms with Gasteiger partial charge < -0.3 is 19.6 Å². The Morgan fingerprint density at radius 3 is 2.67 bits per heavy atom. The fourth-order valence-electron chi connectivity index (χ4n) is 6.56. The minimum atomic E-state index is -0.830. The average molecular weight is 495 g/mol. The number of rotatable bonds is 11. The highest BCUT2D eigenvalue weighted by Crippen LogP contribution is 2.49. The van der Waals surface area contributed by atoms with E-state index in [-0.39, 0.29) is 36.4 Å². The highest BCUT2D eigenvalue weighted by atomic mass is 16.5. The predicted octanol–water partition coefficient (Wildman–Crippen LogP) is 5.29. The molecule has 194 valence electrons. The summed E-state index contributed by atoms with van der Waals surface area (Å²) in [6.07, 6.45) is 14.7. The molecule has 1 saturated carbocycles. The van der Waals surface area contributed by atoms with Crippen LogP contribution in [-0.2, 0) is 22.4 Å². The maximum Gasteiger partial charge on any atom is 0.307 e. The minimum Gasteiger partial charge on any atom is -0.481 e. The molecule has 0 radical (unpaired) electrons. The molecule has 4 atom stereocenters. The van der Waals surface area contributed by atoms with Crippen LogP contribution < -0.4 is 5.32 Å². The first kappa shape index (κ1) is 25.0. The lowest BCUT2D eigenvalue weighted by atomic mass is 9.76. The lowest BCUT2D eigenvalue weighted by molar-refractivity contribution is -0.136. The number of benzene rings is 1. The Bertz CT molecular complexity index is 1040. The van der Waals surface area contributed by atoms with Crippen LogP contribution in [0.25, 0.3) is 0 Å². The molecule has 3 aliphatic rings. The highest BCUT2D eigenvalue weighted by Gasteiger charge is 2.51. The number of fused-ring (bicyclic) bond motifs is 2. The Kier molecular flexibility index (Phi) is 8.05. The van der Waals surface area contributed by atoms with E-state index in [1.807, 2.05) is 24.3 Å². The van der Waals surface area contributed by atoms with E-state index in [0.29, 0.717) is 18.1 Å². The Morgan fingerprint density at radius 2 is 1.83 bits per heavy atom. The number of nitrogens with one attached hydrogen (secondary N) is 1. The number of aliphatic carboxylic acids is 1. The summed E-state index contributed by atoms with van der Waals surface area (Å²) < 4.78 is 12.1. The third-order valence-corrected chi connectivity index (χ3v) is 8.33. The molecule has 0 unspecified atom stereocenters. The summed E-state index contributed by atoms with van der Waals surface area (Å²) in [6, 6.07) is 7.78. The number of carbonyl (C=O) groups excluding carboxylic acids is 1. The molecular weight excluding hydrogens is 456 g/mol. The molecule has 2 N–H and O–H groups in total. The number of aromatic nitrogens is 1. The zero-order chi connectivity index (χ0) is 24.9. The second-order valence-corrected chi connectivity index (χ2v) is 10.9. The first-order chi connectivity index (χ1) is 17.6. The summed E-state index contributed by atoms with van der Waals surface area (Å²) in [4.78, 5) is 28.4. The van der Waals surface area contributed by atoms with Gasteiger partial charge >= 0.3 is 5.97 Å². The maximum atomic E-state index is 12.7. The number of carboxylic acid groups (broad SMARTS) is 1. The van der Waals surface area contributed by atoms with E-state index in [0.717, 1.165) is 49.1 Å². The largest absolute Gasteiger partial charge is 0.481 e. The molecule has 2 saturated heterocycles. The topological polar surface area (TPSA) is 102 Å². The van der Waals surface area contributed by atoms with Crippen LogP contribution in [0.4, 0.5) is 0 Å². The van der Waals surface area contributed by atoms with Crippen molar-refractivity contribution in [2.45, 2.75) is 95.2 Å². The standard InChI is InChI=1S/C29H38N2O5/c32-26(33)17-21-11-6-10-20(15-21)16-22-24-12-13-25(36-24)27(22)29-31-23(18-35-29)28(34)30-14-5-4-9-19-7-2-1-3-8-19/h6,10-11,15,18-19,22,24-25,27H,1-5,7-9,12-14,16-17H2,(H,30,34)(H,32,33)/t22-,24-,25+,27-/m0/s1. The van der Waals surface area contributed by atoms with Crippen molar-refractivity contribution >= 4 is 11.9 Å². The summed E-state index contributed by atoms with van der Waals surface area (Å²) in [7, 11) is 0. The lowest BCUT2D eigenvalue weighted by Gasteiger charge is -2.26. The van der Waals surface area contributed by atoms with Gasteiger partial charge in [0.25, 0.3) is 5.91 Å². The van der Waals surface area contributed by atoms with Gasteiger partial charge in [-0.1, -0.05) is 69.2 Å². The predicted molar refractivity (Wildman–Crippen MR) is 135 cm³/mol. The summed E-state index contributed by atoms with van der Waals surface area (Å²) in [6.45, 7) is 0.667. The van der Waals surface area contributed by atoms with Crippen molar-refractivity contribution in [1.82, 2.24) is 10.3 Å². The van der Waals surface area contributed by atoms with Crippen molar-refractivity contribution < 1.29 is 23.8 Å². The number of nitrogens with zero attached hydrogens (tertiary/aromatic N) is 1. The number of carboxylic acids is 1. The van der Waals surface area contributed by atoms with Gasteiger partial charge in [-0.2, -0.15) is 0 Å². The van der Waals surface area contributed by atoms with Crippen LogP contribution in [0.15, 0.2) is 34.9 Å². The van der Waals surface area contributed by atoms with Crippen molar-refractivity contribution in [3.63, 3.8) is 0 Å². The van der Waals surface area contributed by atoms with E-state index in [1.54, 1.807) is 0 Å². The number of amides is 1. The van der Waals surface area contributed by atoms with E-state index >= 15 is 0 Å². The molecule has 1 aliphatic carbocycles. The number of ether oxygens (including phenoxy) is 1. The van der Waals surface area contributed by atoms with Gasteiger partial charge in [0.05, 0.1) is 24.5 Å². The Hall–Kier alpha value is -2.67. The average Bonchev–Trinajstić information content (AvgIpc) is 3.61. The smallest absolute Gasteiger partial charge is 0.307 e. The van der Waals surface area contributed by atoms with E-state index < -0.39 is 5.97 Å². The van der Waals surface area contributed by atoms with E-state index in [4.69, 9.17) is 14.3 Å². The molecule has 1 amide bonds. The molecule has 5 rings (SSSR count). The van der Waals surface area contributed by atoms with Gasteiger partial charge in [0.2, 0.25) is 5.89 Å². The van der Waals surface area contributed by atoms with Crippen molar-refractivity contribution in [3.8, 4) is 0 Å². The minimum absolute atomic E-state index is 0.00363. The number of oxazole rings is 1. The Balaban J connectivity index is 1.16. The summed E-state index contributed by atoms with van der Waals surface area (Å²) in [5, 5.41) is 12.1. The van der Waals surface area contributed by atoms with Crippen molar-refractivity contribution in [1.29, 1.82) is 0 Å². The number of unbranched alkanes of at least 4 members (excludes halogenated alkanes) is 1. The monoisotopic (exact) mass is 494 g/mol. The number of carbonyl (C=O) groups is 2. The summed E-state index contributed by atoms with van der Waals surface area (Å²) in [5.41, 5.74) is 2.23. The van der Waals surface area contributed by atoms with Crippen molar-refractivity contribution in [2.24, 2.45) is 11.8 Å². The van der Waals surface area contributed by atoms with Gasteiger partial charge in [-0.05, 0) is 42.7 Å². The molecule has 7 nitrogen and oxygen atoms in total. The summed E-state index contributed by atoms with van der Waals surface area (Å²) >= 11 is 0. The molecule has 3 heterocycles. The fraction of sp³-hybridized carbons (Fsp3) is 0.621. The molecule has 2 aliphatic heterocycles. The normalized spacial score (nSPS) is 25.8. The van der Waals surface area contributed by atoms with Crippen LogP contribution in [0, 0.1) is 11.8 Å². The first-order valence-electron chi connectivity index (χ1n) is 13.8. The summed E-state index contributed by atoms with van der Waals surface area (Å²) in [5.74, 6) is 0.648. The van der Waals surface area contributed by atoms with E-state index in [9.17, 15) is 9.59 Å². The van der Waals surface area contributed by atoms with Crippen LogP contribution in [-0.4, -0.2) is 40.7 Å². The van der Waals surface area contributed by atoms with Crippen LogP contribution in [0.2, 0.25) is 0 Å². The third kappa shape index (κ3) is 6.00. The van der Waals surface area contributed by atoms with Gasteiger partial charge in [0.15, 0.2) is 5.69 Å². The van der Waals surface area contributed by atoms with Crippen LogP contribution >= 0.6 is 0 Å².